The Morgan fingerprint density at radius 1 is 1.30 bits per heavy atom. The molecule has 1 aromatic carbocycles. The van der Waals surface area contributed by atoms with Crippen LogP contribution in [0.15, 0.2) is 40.2 Å². The molecule has 0 spiro atoms. The summed E-state index contributed by atoms with van der Waals surface area (Å²) >= 11 is 1.98. The molecule has 0 amide bonds. The van der Waals surface area contributed by atoms with E-state index >= 15 is 0 Å². The van der Waals surface area contributed by atoms with Gasteiger partial charge >= 0.3 is 0 Å². The fourth-order valence-corrected chi connectivity index (χ4v) is 6.08. The molecule has 5 heteroatoms. The molecule has 0 radical (unpaired) electrons. The van der Waals surface area contributed by atoms with Gasteiger partial charge in [-0.05, 0) is 37.8 Å². The second-order valence-corrected chi connectivity index (χ2v) is 9.80. The summed E-state index contributed by atoms with van der Waals surface area (Å²) in [4.78, 5) is 8.70. The Morgan fingerprint density at radius 2 is 2.11 bits per heavy atom. The van der Waals surface area contributed by atoms with Crippen molar-refractivity contribution in [1.82, 2.24) is 10.2 Å². The van der Waals surface area contributed by atoms with Crippen molar-refractivity contribution in [2.24, 2.45) is 22.2 Å². The van der Waals surface area contributed by atoms with E-state index in [9.17, 15) is 0 Å². The standard InChI is InChI=1S/C22H33N3OS/c1-4-23-21(24-19-18-11-13-26-20(18)22(19,2)3)25-12-10-16(14-25)15-27-17-8-6-5-7-9-17/h5-9,16,18-20H,4,10-15H2,1-3H3,(H,23,24). The van der Waals surface area contributed by atoms with Crippen molar-refractivity contribution in [3.63, 3.8) is 0 Å². The molecule has 4 rings (SSSR count). The molecule has 2 aliphatic heterocycles. The number of guanidine groups is 1. The van der Waals surface area contributed by atoms with Gasteiger partial charge in [0, 0.05) is 54.3 Å². The van der Waals surface area contributed by atoms with Gasteiger partial charge in [-0.3, -0.25) is 4.99 Å². The van der Waals surface area contributed by atoms with Crippen LogP contribution in [-0.4, -0.2) is 55.0 Å². The van der Waals surface area contributed by atoms with Crippen LogP contribution in [0, 0.1) is 17.3 Å². The molecule has 0 bridgehead atoms. The topological polar surface area (TPSA) is 36.9 Å². The van der Waals surface area contributed by atoms with Crippen molar-refractivity contribution in [3.05, 3.63) is 30.3 Å². The minimum atomic E-state index is 0.192. The molecule has 4 nitrogen and oxygen atoms in total. The number of ether oxygens (including phenoxy) is 1. The number of rotatable bonds is 5. The van der Waals surface area contributed by atoms with Crippen LogP contribution in [0.5, 0.6) is 0 Å². The first-order valence-corrected chi connectivity index (χ1v) is 11.4. The molecule has 4 atom stereocenters. The van der Waals surface area contributed by atoms with E-state index in [4.69, 9.17) is 9.73 Å². The van der Waals surface area contributed by atoms with Crippen LogP contribution in [-0.2, 0) is 4.74 Å². The zero-order chi connectivity index (χ0) is 18.9. The molecule has 2 saturated heterocycles. The minimum absolute atomic E-state index is 0.192. The number of thioether (sulfide) groups is 1. The molecule has 3 fully saturated rings. The first-order chi connectivity index (χ1) is 13.1. The molecule has 4 unspecified atom stereocenters. The number of aliphatic imine (C=N–C) groups is 1. The second kappa shape index (κ2) is 8.04. The maximum absolute atomic E-state index is 5.96. The molecule has 1 aromatic rings. The quantitative estimate of drug-likeness (QED) is 0.473. The van der Waals surface area contributed by atoms with Gasteiger partial charge in [-0.25, -0.2) is 0 Å². The van der Waals surface area contributed by atoms with Crippen molar-refractivity contribution >= 4 is 17.7 Å². The number of likely N-dealkylation sites (tertiary alicyclic amines) is 1. The summed E-state index contributed by atoms with van der Waals surface area (Å²) in [5, 5.41) is 3.84. The van der Waals surface area contributed by atoms with Crippen LogP contribution in [0.4, 0.5) is 0 Å². The molecular formula is C22H33N3OS. The highest BCUT2D eigenvalue weighted by Crippen LogP contribution is 2.52. The van der Waals surface area contributed by atoms with Crippen molar-refractivity contribution in [3.8, 4) is 0 Å². The molecular weight excluding hydrogens is 354 g/mol. The average Bonchev–Trinajstić information content (AvgIpc) is 3.33. The highest BCUT2D eigenvalue weighted by atomic mass is 32.2. The molecule has 27 heavy (non-hydrogen) atoms. The molecule has 0 aromatic heterocycles. The van der Waals surface area contributed by atoms with E-state index in [1.54, 1.807) is 0 Å². The monoisotopic (exact) mass is 387 g/mol. The number of hydrogen-bond acceptors (Lipinski definition) is 3. The van der Waals surface area contributed by atoms with E-state index in [0.29, 0.717) is 18.1 Å². The van der Waals surface area contributed by atoms with Crippen molar-refractivity contribution in [1.29, 1.82) is 0 Å². The molecule has 1 aliphatic carbocycles. The Hall–Kier alpha value is -1.20. The van der Waals surface area contributed by atoms with E-state index in [-0.39, 0.29) is 5.41 Å². The van der Waals surface area contributed by atoms with Crippen LogP contribution < -0.4 is 5.32 Å². The van der Waals surface area contributed by atoms with E-state index in [2.05, 4.69) is 61.3 Å². The lowest BCUT2D eigenvalue weighted by Crippen LogP contribution is -2.68. The first kappa shape index (κ1) is 19.1. The maximum Gasteiger partial charge on any atom is 0.194 e. The lowest BCUT2D eigenvalue weighted by molar-refractivity contribution is -0.107. The number of nitrogens with one attached hydrogen (secondary N) is 1. The van der Waals surface area contributed by atoms with Gasteiger partial charge in [-0.1, -0.05) is 32.0 Å². The van der Waals surface area contributed by atoms with Crippen LogP contribution in [0.2, 0.25) is 0 Å². The predicted molar refractivity (Wildman–Crippen MR) is 113 cm³/mol. The van der Waals surface area contributed by atoms with Crippen LogP contribution >= 0.6 is 11.8 Å². The van der Waals surface area contributed by atoms with Crippen LogP contribution in [0.1, 0.15) is 33.6 Å². The summed E-state index contributed by atoms with van der Waals surface area (Å²) in [5.41, 5.74) is 0.192. The van der Waals surface area contributed by atoms with Gasteiger partial charge in [0.1, 0.15) is 0 Å². The predicted octanol–water partition coefficient (Wildman–Crippen LogP) is 3.88. The van der Waals surface area contributed by atoms with Gasteiger partial charge in [0.05, 0.1) is 6.10 Å². The second-order valence-electron chi connectivity index (χ2n) is 8.71. The highest BCUT2D eigenvalue weighted by molar-refractivity contribution is 7.99. The van der Waals surface area contributed by atoms with Crippen LogP contribution in [0.3, 0.4) is 0 Å². The van der Waals surface area contributed by atoms with Gasteiger partial charge in [0.2, 0.25) is 0 Å². The largest absolute Gasteiger partial charge is 0.377 e. The summed E-state index contributed by atoms with van der Waals surface area (Å²) in [6, 6.07) is 11.2. The zero-order valence-electron chi connectivity index (χ0n) is 16.9. The van der Waals surface area contributed by atoms with Gasteiger partial charge in [0.15, 0.2) is 5.96 Å². The Labute approximate surface area is 168 Å². The van der Waals surface area contributed by atoms with E-state index in [1.165, 1.54) is 23.5 Å². The van der Waals surface area contributed by atoms with E-state index in [1.807, 2.05) is 11.8 Å². The molecule has 148 valence electrons. The zero-order valence-corrected chi connectivity index (χ0v) is 17.7. The fraction of sp³-hybridized carbons (Fsp3) is 0.682. The third kappa shape index (κ3) is 3.86. The third-order valence-electron chi connectivity index (χ3n) is 6.51. The van der Waals surface area contributed by atoms with E-state index in [0.717, 1.165) is 38.1 Å². The van der Waals surface area contributed by atoms with E-state index < -0.39 is 0 Å². The van der Waals surface area contributed by atoms with Crippen molar-refractivity contribution < 1.29 is 4.74 Å². The lowest BCUT2D eigenvalue weighted by Gasteiger charge is -2.55. The number of nitrogens with zero attached hydrogens (tertiary/aromatic N) is 2. The Balaban J connectivity index is 1.34. The Bertz CT molecular complexity index is 663. The highest BCUT2D eigenvalue weighted by Gasteiger charge is 2.59. The minimum Gasteiger partial charge on any atom is -0.377 e. The molecule has 2 heterocycles. The summed E-state index contributed by atoms with van der Waals surface area (Å²) in [6.07, 6.45) is 2.86. The van der Waals surface area contributed by atoms with Gasteiger partial charge < -0.3 is 15.0 Å². The Morgan fingerprint density at radius 3 is 2.89 bits per heavy atom. The SMILES string of the molecule is CCN=C(NC1C2CCOC2C1(C)C)N1CCC(CSc2ccccc2)C1. The summed E-state index contributed by atoms with van der Waals surface area (Å²) in [7, 11) is 0. The molecule has 3 aliphatic rings. The van der Waals surface area contributed by atoms with Gasteiger partial charge in [-0.15, -0.1) is 11.8 Å². The van der Waals surface area contributed by atoms with Crippen molar-refractivity contribution in [2.45, 2.75) is 50.7 Å². The average molecular weight is 388 g/mol. The van der Waals surface area contributed by atoms with Crippen LogP contribution in [0.25, 0.3) is 0 Å². The number of benzene rings is 1. The summed E-state index contributed by atoms with van der Waals surface area (Å²) in [5.74, 6) is 3.69. The maximum atomic E-state index is 5.96. The molecule has 1 N–H and O–H groups in total. The summed E-state index contributed by atoms with van der Waals surface area (Å²) in [6.45, 7) is 10.8. The van der Waals surface area contributed by atoms with Crippen molar-refractivity contribution in [2.75, 3.05) is 32.0 Å². The lowest BCUT2D eigenvalue weighted by atomic mass is 9.57. The third-order valence-corrected chi connectivity index (χ3v) is 7.75. The van der Waals surface area contributed by atoms with Gasteiger partial charge in [-0.2, -0.15) is 0 Å². The summed E-state index contributed by atoms with van der Waals surface area (Å²) < 4.78 is 5.96. The smallest absolute Gasteiger partial charge is 0.194 e. The van der Waals surface area contributed by atoms with Gasteiger partial charge in [0.25, 0.3) is 0 Å². The molecule has 1 saturated carbocycles. The number of hydrogen-bond donors (Lipinski definition) is 1. The normalized spacial score (nSPS) is 32.3. The first-order valence-electron chi connectivity index (χ1n) is 10.4. The fourth-order valence-electron chi connectivity index (χ4n) is 5.03. The number of fused-ring (bicyclic) bond motifs is 1. The Kier molecular flexibility index (Phi) is 5.70.